The van der Waals surface area contributed by atoms with Gasteiger partial charge in [-0.25, -0.2) is 0 Å². The molecule has 126 valence electrons. The Hall–Kier alpha value is -0.460. The van der Waals surface area contributed by atoms with Crippen LogP contribution in [-0.2, 0) is 0 Å². The molecule has 2 atom stereocenters. The Labute approximate surface area is 139 Å². The number of rotatable bonds is 5. The molecule has 4 rings (SSSR count). The van der Waals surface area contributed by atoms with Gasteiger partial charge in [0.25, 0.3) is 0 Å². The van der Waals surface area contributed by atoms with Gasteiger partial charge in [0.2, 0.25) is 0 Å². The van der Waals surface area contributed by atoms with E-state index in [1.807, 2.05) is 0 Å². The van der Waals surface area contributed by atoms with Gasteiger partial charge < -0.3 is 10.6 Å². The van der Waals surface area contributed by atoms with Gasteiger partial charge in [0.05, 0.1) is 6.54 Å². The number of guanidine groups is 1. The van der Waals surface area contributed by atoms with E-state index in [0.717, 1.165) is 25.6 Å². The van der Waals surface area contributed by atoms with Crippen molar-refractivity contribution in [1.29, 1.82) is 0 Å². The third-order valence-corrected chi connectivity index (χ3v) is 6.64. The zero-order valence-corrected chi connectivity index (χ0v) is 14.9. The fourth-order valence-corrected chi connectivity index (χ4v) is 4.91. The van der Waals surface area contributed by atoms with Gasteiger partial charge in [0, 0.05) is 56.6 Å². The third-order valence-electron chi connectivity index (χ3n) is 5.11. The van der Waals surface area contributed by atoms with E-state index in [1.165, 1.54) is 51.3 Å². The first-order valence-corrected chi connectivity index (χ1v) is 9.80. The largest absolute Gasteiger partial charge is 0.357 e. The van der Waals surface area contributed by atoms with E-state index in [0.29, 0.717) is 10.8 Å². The van der Waals surface area contributed by atoms with Crippen LogP contribution in [0.1, 0.15) is 26.7 Å². The van der Waals surface area contributed by atoms with Gasteiger partial charge in [0.1, 0.15) is 0 Å². The Balaban J connectivity index is 1.50. The molecule has 4 aliphatic heterocycles. The Kier molecular flexibility index (Phi) is 5.52. The van der Waals surface area contributed by atoms with Gasteiger partial charge in [-0.15, -0.1) is 0 Å². The van der Waals surface area contributed by atoms with Crippen LogP contribution in [-0.4, -0.2) is 84.7 Å². The predicted octanol–water partition coefficient (Wildman–Crippen LogP) is 0.827. The summed E-state index contributed by atoms with van der Waals surface area (Å²) in [5, 5.41) is 6.98. The topological polar surface area (TPSA) is 42.9 Å². The molecule has 4 fully saturated rings. The fraction of sp³-hybridized carbons (Fsp3) is 0.938. The van der Waals surface area contributed by atoms with Crippen molar-refractivity contribution in [2.24, 2.45) is 4.99 Å². The molecule has 4 aliphatic rings. The summed E-state index contributed by atoms with van der Waals surface area (Å²) in [6.45, 7) is 13.5. The summed E-state index contributed by atoms with van der Waals surface area (Å²) in [5.74, 6) is 2.29. The number of thioether (sulfide) groups is 1. The van der Waals surface area contributed by atoms with Crippen LogP contribution < -0.4 is 10.6 Å². The van der Waals surface area contributed by atoms with Crippen LogP contribution in [0.2, 0.25) is 0 Å². The highest BCUT2D eigenvalue weighted by atomic mass is 32.2. The first kappa shape index (κ1) is 16.4. The predicted molar refractivity (Wildman–Crippen MR) is 95.9 cm³/mol. The van der Waals surface area contributed by atoms with Crippen LogP contribution in [0.25, 0.3) is 0 Å². The van der Waals surface area contributed by atoms with Crippen LogP contribution in [0.15, 0.2) is 4.99 Å². The summed E-state index contributed by atoms with van der Waals surface area (Å²) in [7, 11) is 0. The maximum Gasteiger partial charge on any atom is 0.191 e. The molecule has 0 radical (unpaired) electrons. The minimum atomic E-state index is 0.349. The molecule has 0 saturated carbocycles. The summed E-state index contributed by atoms with van der Waals surface area (Å²) in [6.07, 6.45) is 2.64. The minimum Gasteiger partial charge on any atom is -0.357 e. The number of aliphatic imine (C=N–C) groups is 1. The van der Waals surface area contributed by atoms with Crippen molar-refractivity contribution in [3.8, 4) is 0 Å². The summed E-state index contributed by atoms with van der Waals surface area (Å²) in [6, 6.07) is 0.641. The summed E-state index contributed by atoms with van der Waals surface area (Å²) in [4.78, 5) is 10.1. The molecule has 4 heterocycles. The molecule has 2 bridgehead atoms. The van der Waals surface area contributed by atoms with Crippen LogP contribution in [0.5, 0.6) is 0 Å². The molecule has 0 aliphatic carbocycles. The highest BCUT2D eigenvalue weighted by Gasteiger charge is 2.32. The zero-order valence-electron chi connectivity index (χ0n) is 14.1. The first-order valence-electron chi connectivity index (χ1n) is 8.81. The lowest BCUT2D eigenvalue weighted by Gasteiger charge is -2.47. The van der Waals surface area contributed by atoms with Crippen LogP contribution >= 0.6 is 11.8 Å². The van der Waals surface area contributed by atoms with Crippen molar-refractivity contribution in [3.63, 3.8) is 0 Å². The van der Waals surface area contributed by atoms with Crippen LogP contribution in [0.4, 0.5) is 0 Å². The molecule has 6 heteroatoms. The molecular weight excluding hydrogens is 294 g/mol. The number of fused-ring (bicyclic) bond motifs is 3. The molecule has 0 aromatic carbocycles. The van der Waals surface area contributed by atoms with Crippen molar-refractivity contribution in [2.75, 3.05) is 58.1 Å². The van der Waals surface area contributed by atoms with Crippen molar-refractivity contribution < 1.29 is 0 Å². The Bertz CT molecular complexity index is 386. The Morgan fingerprint density at radius 1 is 1.27 bits per heavy atom. The number of piperazine rings is 3. The molecular formula is C16H31N5S. The van der Waals surface area contributed by atoms with Gasteiger partial charge in [-0.3, -0.25) is 14.8 Å². The average Bonchev–Trinajstić information content (AvgIpc) is 2.98. The summed E-state index contributed by atoms with van der Waals surface area (Å²) in [5.41, 5.74) is 0. The third kappa shape index (κ3) is 4.09. The van der Waals surface area contributed by atoms with Gasteiger partial charge >= 0.3 is 0 Å². The van der Waals surface area contributed by atoms with E-state index in [-0.39, 0.29) is 0 Å². The first-order chi connectivity index (χ1) is 10.7. The van der Waals surface area contributed by atoms with Crippen molar-refractivity contribution in [1.82, 2.24) is 20.4 Å². The Morgan fingerprint density at radius 2 is 2.09 bits per heavy atom. The van der Waals surface area contributed by atoms with Gasteiger partial charge in [-0.05, 0) is 32.4 Å². The number of hydrogen-bond donors (Lipinski definition) is 2. The number of nitrogens with zero attached hydrogens (tertiary/aromatic N) is 3. The molecule has 5 nitrogen and oxygen atoms in total. The molecule has 22 heavy (non-hydrogen) atoms. The minimum absolute atomic E-state index is 0.349. The smallest absolute Gasteiger partial charge is 0.191 e. The van der Waals surface area contributed by atoms with E-state index in [4.69, 9.17) is 4.99 Å². The molecule has 4 saturated heterocycles. The molecule has 0 amide bonds. The van der Waals surface area contributed by atoms with Gasteiger partial charge in [-0.1, -0.05) is 0 Å². The average molecular weight is 326 g/mol. The number of hydrogen-bond acceptors (Lipinski definition) is 4. The van der Waals surface area contributed by atoms with Crippen LogP contribution in [0, 0.1) is 0 Å². The zero-order chi connectivity index (χ0) is 15.4. The van der Waals surface area contributed by atoms with E-state index in [1.54, 1.807) is 0 Å². The fourth-order valence-electron chi connectivity index (χ4n) is 3.68. The molecule has 0 aromatic heterocycles. The van der Waals surface area contributed by atoms with E-state index < -0.39 is 0 Å². The Morgan fingerprint density at radius 3 is 2.68 bits per heavy atom. The standard InChI is InChI=1S/C16H31N5S/c1-3-17-15(19-13-16(2)5-4-10-22-16)18-11-14-12-20-6-8-21(14)9-7-20/h14H,3-13H2,1-2H3,(H2,17,18,19). The monoisotopic (exact) mass is 325 g/mol. The highest BCUT2D eigenvalue weighted by Crippen LogP contribution is 2.37. The lowest BCUT2D eigenvalue weighted by atomic mass is 10.1. The maximum absolute atomic E-state index is 4.86. The lowest BCUT2D eigenvalue weighted by molar-refractivity contribution is 0.0154. The second-order valence-electron chi connectivity index (χ2n) is 6.97. The summed E-state index contributed by atoms with van der Waals surface area (Å²) < 4.78 is 0.349. The molecule has 0 aromatic rings. The SMILES string of the molecule is CCNC(=NCC1(C)CCCS1)NCC1CN2CCN1CC2. The highest BCUT2D eigenvalue weighted by molar-refractivity contribution is 8.00. The normalized spacial score (nSPS) is 38.3. The second-order valence-corrected chi connectivity index (χ2v) is 8.65. The lowest BCUT2D eigenvalue weighted by Crippen LogP contribution is -2.63. The van der Waals surface area contributed by atoms with Crippen molar-refractivity contribution in [2.45, 2.75) is 37.5 Å². The molecule has 2 unspecified atom stereocenters. The van der Waals surface area contributed by atoms with E-state index in [2.05, 4.69) is 46.0 Å². The van der Waals surface area contributed by atoms with Gasteiger partial charge in [0.15, 0.2) is 5.96 Å². The quantitative estimate of drug-likeness (QED) is 0.579. The van der Waals surface area contributed by atoms with Crippen molar-refractivity contribution >= 4 is 17.7 Å². The second kappa shape index (κ2) is 7.41. The van der Waals surface area contributed by atoms with E-state index >= 15 is 0 Å². The number of nitrogens with one attached hydrogen (secondary N) is 2. The van der Waals surface area contributed by atoms with Gasteiger partial charge in [-0.2, -0.15) is 11.8 Å². The summed E-state index contributed by atoms with van der Waals surface area (Å²) >= 11 is 2.08. The van der Waals surface area contributed by atoms with Crippen LogP contribution in [0.3, 0.4) is 0 Å². The van der Waals surface area contributed by atoms with E-state index in [9.17, 15) is 0 Å². The molecule has 2 N–H and O–H groups in total. The maximum atomic E-state index is 4.86. The van der Waals surface area contributed by atoms with Crippen molar-refractivity contribution in [3.05, 3.63) is 0 Å². The molecule has 0 spiro atoms.